The van der Waals surface area contributed by atoms with Crippen molar-refractivity contribution in [2.24, 2.45) is 0 Å². The van der Waals surface area contributed by atoms with Gasteiger partial charge in [0, 0.05) is 13.1 Å². The fraction of sp³-hybridized carbons (Fsp3) is 0.500. The van der Waals surface area contributed by atoms with E-state index in [2.05, 4.69) is 24.3 Å². The van der Waals surface area contributed by atoms with E-state index in [1.54, 1.807) is 6.20 Å². The largest absolute Gasteiger partial charge is 1.00 e. The number of nitrogens with zero attached hydrogens (tertiary/aromatic N) is 3. The maximum Gasteiger partial charge on any atom is 1.00 e. The number of hydrogen-bond donors (Lipinski definition) is 1. The zero-order valence-electron chi connectivity index (χ0n) is 9.57. The summed E-state index contributed by atoms with van der Waals surface area (Å²) in [5, 5.41) is 18.8. The minimum Gasteiger partial charge on any atom is -0.818 e. The van der Waals surface area contributed by atoms with Gasteiger partial charge in [-0.05, 0) is 12.8 Å². The van der Waals surface area contributed by atoms with Crippen LogP contribution in [0.1, 0.15) is 12.8 Å². The predicted octanol–water partition coefficient (Wildman–Crippen LogP) is -3.71. The van der Waals surface area contributed by atoms with Crippen LogP contribution in [0.25, 0.3) is 0 Å². The zero-order chi connectivity index (χ0) is 11.4. The van der Waals surface area contributed by atoms with E-state index in [1.807, 2.05) is 0 Å². The normalized spacial score (nSPS) is 14.4. The van der Waals surface area contributed by atoms with E-state index < -0.39 is 7.32 Å². The van der Waals surface area contributed by atoms with E-state index in [0.29, 0.717) is 5.82 Å². The van der Waals surface area contributed by atoms with E-state index in [9.17, 15) is 5.02 Å². The minimum absolute atomic E-state index is 0. The van der Waals surface area contributed by atoms with Crippen LogP contribution in [0.5, 0.6) is 5.88 Å². The van der Waals surface area contributed by atoms with Crippen molar-refractivity contribution < 1.29 is 38.6 Å². The van der Waals surface area contributed by atoms with Crippen molar-refractivity contribution >= 4 is 13.1 Å². The number of rotatable bonds is 4. The summed E-state index contributed by atoms with van der Waals surface area (Å²) in [7, 11) is -2.00. The van der Waals surface area contributed by atoms with Gasteiger partial charge < -0.3 is 14.6 Å². The molecule has 1 aromatic heterocycles. The van der Waals surface area contributed by atoms with E-state index >= 15 is 0 Å². The smallest absolute Gasteiger partial charge is 0.818 e. The summed E-state index contributed by atoms with van der Waals surface area (Å²) in [6.07, 6.45) is 5.15. The fourth-order valence-electron chi connectivity index (χ4n) is 1.61. The molecular weight excluding hydrogens is 220 g/mol. The van der Waals surface area contributed by atoms with Crippen LogP contribution in [0, 0.1) is 0 Å². The Bertz CT molecular complexity index is 353. The molecule has 0 atom stereocenters. The summed E-state index contributed by atoms with van der Waals surface area (Å²) in [5.74, 6) is 0.707. The molecule has 0 bridgehead atoms. The quantitative estimate of drug-likeness (QED) is 0.324. The van der Waals surface area contributed by atoms with Crippen LogP contribution >= 0.6 is 0 Å². The molecule has 7 nitrogen and oxygen atoms in total. The fourth-order valence-corrected chi connectivity index (χ4v) is 1.61. The Morgan fingerprint density at radius 1 is 1.35 bits per heavy atom. The molecule has 2 rings (SSSR count). The molecule has 9 heteroatoms. The zero-order valence-corrected chi connectivity index (χ0v) is 9.57. The van der Waals surface area contributed by atoms with Crippen LogP contribution in [0.15, 0.2) is 12.4 Å². The van der Waals surface area contributed by atoms with Gasteiger partial charge in [-0.3, -0.25) is 15.0 Å². The van der Waals surface area contributed by atoms with E-state index in [1.165, 1.54) is 6.20 Å². The van der Waals surface area contributed by atoms with Crippen molar-refractivity contribution in [3.63, 3.8) is 0 Å². The monoisotopic (exact) mass is 231 g/mol. The summed E-state index contributed by atoms with van der Waals surface area (Å²) in [4.78, 5) is 13.5. The van der Waals surface area contributed by atoms with Crippen molar-refractivity contribution in [1.29, 1.82) is 0 Å². The van der Waals surface area contributed by atoms with Crippen molar-refractivity contribution in [2.75, 3.05) is 18.0 Å². The Morgan fingerprint density at radius 2 is 2.06 bits per heavy atom. The molecule has 0 saturated carbocycles. The summed E-state index contributed by atoms with van der Waals surface area (Å²) in [6.45, 7) is 1.85. The topological polar surface area (TPSA) is 90.8 Å². The SMILES string of the molecule is [Li+].[O-]B(OO)Oc1cncc(N2CCCC2)n1. The third-order valence-corrected chi connectivity index (χ3v) is 2.33. The van der Waals surface area contributed by atoms with Crippen LogP contribution in [0.4, 0.5) is 5.82 Å². The van der Waals surface area contributed by atoms with Crippen LogP contribution in [0.3, 0.4) is 0 Å². The Kier molecular flexibility index (Phi) is 5.74. The van der Waals surface area contributed by atoms with E-state index in [-0.39, 0.29) is 24.7 Å². The Balaban J connectivity index is 0.00000144. The van der Waals surface area contributed by atoms with Crippen molar-refractivity contribution in [2.45, 2.75) is 12.8 Å². The van der Waals surface area contributed by atoms with Gasteiger partial charge in [0.1, 0.15) is 0 Å². The molecule has 1 N–H and O–H groups in total. The Morgan fingerprint density at radius 3 is 2.71 bits per heavy atom. The van der Waals surface area contributed by atoms with E-state index in [4.69, 9.17) is 5.26 Å². The number of hydrogen-bond acceptors (Lipinski definition) is 7. The summed E-state index contributed by atoms with van der Waals surface area (Å²) in [6, 6.07) is 0. The molecule has 0 unspecified atom stereocenters. The second-order valence-electron chi connectivity index (χ2n) is 3.42. The van der Waals surface area contributed by atoms with Crippen LogP contribution in [-0.2, 0) is 4.81 Å². The molecule has 1 saturated heterocycles. The van der Waals surface area contributed by atoms with Gasteiger partial charge in [0.15, 0.2) is 5.82 Å². The molecule has 1 fully saturated rings. The third-order valence-electron chi connectivity index (χ3n) is 2.33. The summed E-state index contributed by atoms with van der Waals surface area (Å²) < 4.78 is 4.64. The molecule has 86 valence electrons. The second kappa shape index (κ2) is 6.84. The van der Waals surface area contributed by atoms with Gasteiger partial charge >= 0.3 is 26.2 Å². The maximum atomic E-state index is 10.7. The van der Waals surface area contributed by atoms with Crippen LogP contribution in [-0.4, -0.2) is 35.6 Å². The molecular formula is C8H11BLiN3O4. The number of anilines is 1. The minimum atomic E-state index is -2.00. The first-order valence-electron chi connectivity index (χ1n) is 4.99. The summed E-state index contributed by atoms with van der Waals surface area (Å²) >= 11 is 0. The van der Waals surface area contributed by atoms with Crippen molar-refractivity contribution in [3.8, 4) is 5.88 Å². The molecule has 17 heavy (non-hydrogen) atoms. The molecule has 1 aliphatic rings. The number of aromatic nitrogens is 2. The molecule has 1 aliphatic heterocycles. The molecule has 0 radical (unpaired) electrons. The first-order chi connectivity index (χ1) is 7.79. The summed E-state index contributed by atoms with van der Waals surface area (Å²) in [5.41, 5.74) is 0. The third kappa shape index (κ3) is 3.87. The second-order valence-corrected chi connectivity index (χ2v) is 3.42. The van der Waals surface area contributed by atoms with Gasteiger partial charge in [-0.25, -0.2) is 0 Å². The van der Waals surface area contributed by atoms with Gasteiger partial charge in [-0.2, -0.15) is 4.98 Å². The molecule has 0 aromatic carbocycles. The average molecular weight is 231 g/mol. The molecule has 2 heterocycles. The van der Waals surface area contributed by atoms with Gasteiger partial charge in [0.05, 0.1) is 12.4 Å². The molecule has 0 spiro atoms. The van der Waals surface area contributed by atoms with Gasteiger partial charge in [0.25, 0.3) is 0 Å². The van der Waals surface area contributed by atoms with Crippen molar-refractivity contribution in [3.05, 3.63) is 12.4 Å². The molecule has 1 aromatic rings. The Hall–Kier alpha value is -0.778. The molecule has 0 aliphatic carbocycles. The van der Waals surface area contributed by atoms with Crippen LogP contribution < -0.4 is 33.4 Å². The van der Waals surface area contributed by atoms with Crippen LogP contribution in [0.2, 0.25) is 0 Å². The van der Waals surface area contributed by atoms with Gasteiger partial charge in [-0.15, -0.1) is 0 Å². The van der Waals surface area contributed by atoms with E-state index in [0.717, 1.165) is 25.9 Å². The standard InChI is InChI=1S/C8H11BN3O4.Li/c13-9(16-14)15-8-6-10-5-7(11-8)12-3-1-2-4-12;/h5-6,14H,1-4H2;/q-1;+1. The van der Waals surface area contributed by atoms with Gasteiger partial charge in [-0.1, -0.05) is 0 Å². The molecule has 0 amide bonds. The Labute approximate surface area is 111 Å². The van der Waals surface area contributed by atoms with Gasteiger partial charge in [0.2, 0.25) is 5.88 Å². The predicted molar refractivity (Wildman–Crippen MR) is 53.6 cm³/mol. The first-order valence-corrected chi connectivity index (χ1v) is 4.99. The maximum absolute atomic E-state index is 10.7. The van der Waals surface area contributed by atoms with Crippen molar-refractivity contribution in [1.82, 2.24) is 9.97 Å². The average Bonchev–Trinajstić information content (AvgIpc) is 2.83. The first kappa shape index (κ1) is 14.3.